The molecular weight excluding hydrogens is 390 g/mol. The van der Waals surface area contributed by atoms with Gasteiger partial charge in [-0.15, -0.1) is 10.2 Å². The van der Waals surface area contributed by atoms with Crippen molar-refractivity contribution in [3.63, 3.8) is 0 Å². The summed E-state index contributed by atoms with van der Waals surface area (Å²) < 4.78 is 5.39. The van der Waals surface area contributed by atoms with Gasteiger partial charge in [0.2, 0.25) is 10.9 Å². The van der Waals surface area contributed by atoms with E-state index in [9.17, 15) is 9.59 Å². The zero-order chi connectivity index (χ0) is 20.5. The molecule has 2 amide bonds. The number of carbonyl (C=O) groups is 2. The third-order valence-corrected chi connectivity index (χ3v) is 5.50. The van der Waals surface area contributed by atoms with Gasteiger partial charge in [0.1, 0.15) is 18.2 Å². The third kappa shape index (κ3) is 7.19. The summed E-state index contributed by atoms with van der Waals surface area (Å²) in [5.41, 5.74) is 1.82. The van der Waals surface area contributed by atoms with Crippen molar-refractivity contribution in [1.29, 1.82) is 0 Å². The monoisotopic (exact) mass is 417 g/mol. The van der Waals surface area contributed by atoms with E-state index in [-0.39, 0.29) is 30.0 Å². The standard InChI is InChI=1S/C20H27N5O3S/c1-15-5-7-16(8-6-15)22-19(27)20-24-23-18(29-20)14-28-13-17(26)21-9-4-12-25-10-2-3-11-25/h5-8H,2-4,9-14H2,1H3,(H,21,26)(H,22,27). The smallest absolute Gasteiger partial charge is 0.286 e. The largest absolute Gasteiger partial charge is 0.364 e. The number of carbonyl (C=O) groups excluding carboxylic acids is 2. The first-order chi connectivity index (χ1) is 14.1. The minimum Gasteiger partial charge on any atom is -0.364 e. The summed E-state index contributed by atoms with van der Waals surface area (Å²) in [5, 5.41) is 14.3. The van der Waals surface area contributed by atoms with Crippen LogP contribution in [0.2, 0.25) is 0 Å². The first-order valence-corrected chi connectivity index (χ1v) is 10.7. The zero-order valence-electron chi connectivity index (χ0n) is 16.6. The average Bonchev–Trinajstić information content (AvgIpc) is 3.39. The Hall–Kier alpha value is -2.36. The van der Waals surface area contributed by atoms with Crippen molar-refractivity contribution in [3.8, 4) is 0 Å². The van der Waals surface area contributed by atoms with Crippen molar-refractivity contribution >= 4 is 28.8 Å². The fraction of sp³-hybridized carbons (Fsp3) is 0.500. The summed E-state index contributed by atoms with van der Waals surface area (Å²) in [6, 6.07) is 7.52. The summed E-state index contributed by atoms with van der Waals surface area (Å²) >= 11 is 1.15. The lowest BCUT2D eigenvalue weighted by Crippen LogP contribution is -2.31. The Bertz CT molecular complexity index is 803. The van der Waals surface area contributed by atoms with Crippen LogP contribution in [0, 0.1) is 6.92 Å². The molecule has 9 heteroatoms. The molecule has 1 aromatic carbocycles. The first-order valence-electron chi connectivity index (χ1n) is 9.87. The van der Waals surface area contributed by atoms with Crippen LogP contribution in [-0.4, -0.2) is 59.7 Å². The summed E-state index contributed by atoms with van der Waals surface area (Å²) in [5.74, 6) is -0.457. The van der Waals surface area contributed by atoms with Gasteiger partial charge in [-0.3, -0.25) is 9.59 Å². The number of likely N-dealkylation sites (tertiary alicyclic amines) is 1. The number of aryl methyl sites for hydroxylation is 1. The molecule has 0 radical (unpaired) electrons. The van der Waals surface area contributed by atoms with E-state index in [2.05, 4.69) is 25.7 Å². The summed E-state index contributed by atoms with van der Waals surface area (Å²) in [6.45, 7) is 6.12. The van der Waals surface area contributed by atoms with E-state index in [0.29, 0.717) is 17.2 Å². The molecule has 29 heavy (non-hydrogen) atoms. The number of benzene rings is 1. The molecule has 1 saturated heterocycles. The molecule has 0 bridgehead atoms. The van der Waals surface area contributed by atoms with Crippen LogP contribution in [0.25, 0.3) is 0 Å². The number of aromatic nitrogens is 2. The van der Waals surface area contributed by atoms with Gasteiger partial charge in [-0.1, -0.05) is 29.0 Å². The maximum atomic E-state index is 12.2. The molecule has 1 fully saturated rings. The molecule has 0 atom stereocenters. The number of nitrogens with zero attached hydrogens (tertiary/aromatic N) is 3. The Kier molecular flexibility index (Phi) is 8.09. The molecule has 0 aliphatic carbocycles. The van der Waals surface area contributed by atoms with E-state index in [1.807, 2.05) is 31.2 Å². The zero-order valence-corrected chi connectivity index (χ0v) is 17.5. The lowest BCUT2D eigenvalue weighted by atomic mass is 10.2. The highest BCUT2D eigenvalue weighted by molar-refractivity contribution is 7.13. The van der Waals surface area contributed by atoms with Gasteiger partial charge in [0, 0.05) is 12.2 Å². The maximum Gasteiger partial charge on any atom is 0.286 e. The Balaban J connectivity index is 1.31. The Morgan fingerprint density at radius 1 is 1.17 bits per heavy atom. The van der Waals surface area contributed by atoms with Gasteiger partial charge in [-0.2, -0.15) is 0 Å². The number of hydrogen-bond acceptors (Lipinski definition) is 7. The van der Waals surface area contributed by atoms with E-state index in [4.69, 9.17) is 4.74 Å². The highest BCUT2D eigenvalue weighted by atomic mass is 32.1. The minimum atomic E-state index is -0.312. The van der Waals surface area contributed by atoms with Crippen molar-refractivity contribution in [2.24, 2.45) is 0 Å². The first kappa shape index (κ1) is 21.4. The van der Waals surface area contributed by atoms with Crippen LogP contribution in [0.15, 0.2) is 24.3 Å². The van der Waals surface area contributed by atoms with Gasteiger partial charge in [0.25, 0.3) is 5.91 Å². The quantitative estimate of drug-likeness (QED) is 0.576. The second-order valence-corrected chi connectivity index (χ2v) is 8.13. The average molecular weight is 418 g/mol. The summed E-state index contributed by atoms with van der Waals surface area (Å²) in [7, 11) is 0. The summed E-state index contributed by atoms with van der Waals surface area (Å²) in [4.78, 5) is 26.5. The predicted molar refractivity (Wildman–Crippen MR) is 112 cm³/mol. The number of amides is 2. The van der Waals surface area contributed by atoms with Crippen LogP contribution in [0.5, 0.6) is 0 Å². The number of rotatable bonds is 10. The van der Waals surface area contributed by atoms with E-state index >= 15 is 0 Å². The normalized spacial score (nSPS) is 14.1. The van der Waals surface area contributed by atoms with Gasteiger partial charge in [-0.05, 0) is 58.0 Å². The molecule has 8 nitrogen and oxygen atoms in total. The summed E-state index contributed by atoms with van der Waals surface area (Å²) in [6.07, 6.45) is 3.50. The van der Waals surface area contributed by atoms with E-state index in [1.54, 1.807) is 0 Å². The third-order valence-electron chi connectivity index (χ3n) is 4.60. The Morgan fingerprint density at radius 3 is 2.69 bits per heavy atom. The van der Waals surface area contributed by atoms with Gasteiger partial charge < -0.3 is 20.3 Å². The van der Waals surface area contributed by atoms with Crippen LogP contribution in [0.3, 0.4) is 0 Å². The molecule has 0 unspecified atom stereocenters. The molecule has 156 valence electrons. The number of anilines is 1. The molecule has 0 spiro atoms. The number of ether oxygens (including phenoxy) is 1. The second kappa shape index (κ2) is 11.0. The van der Waals surface area contributed by atoms with Crippen molar-refractivity contribution < 1.29 is 14.3 Å². The van der Waals surface area contributed by atoms with E-state index in [0.717, 1.165) is 29.9 Å². The second-order valence-electron chi connectivity index (χ2n) is 7.07. The van der Waals surface area contributed by atoms with Crippen molar-refractivity contribution in [2.75, 3.05) is 38.1 Å². The van der Waals surface area contributed by atoms with Crippen molar-refractivity contribution in [3.05, 3.63) is 39.8 Å². The molecule has 1 aliphatic heterocycles. The SMILES string of the molecule is Cc1ccc(NC(=O)c2nnc(COCC(=O)NCCCN3CCCC3)s2)cc1. The maximum absolute atomic E-state index is 12.2. The van der Waals surface area contributed by atoms with Crippen molar-refractivity contribution in [2.45, 2.75) is 32.8 Å². The van der Waals surface area contributed by atoms with Crippen LogP contribution < -0.4 is 10.6 Å². The minimum absolute atomic E-state index is 0.0335. The van der Waals surface area contributed by atoms with Gasteiger partial charge in [-0.25, -0.2) is 0 Å². The van der Waals surface area contributed by atoms with Gasteiger partial charge in [0.15, 0.2) is 0 Å². The number of nitrogens with one attached hydrogen (secondary N) is 2. The van der Waals surface area contributed by atoms with Crippen molar-refractivity contribution in [1.82, 2.24) is 20.4 Å². The lowest BCUT2D eigenvalue weighted by Gasteiger charge is -2.14. The Labute approximate surface area is 174 Å². The fourth-order valence-electron chi connectivity index (χ4n) is 3.04. The highest BCUT2D eigenvalue weighted by Gasteiger charge is 2.14. The molecule has 3 rings (SSSR count). The van der Waals surface area contributed by atoms with E-state index < -0.39 is 0 Å². The predicted octanol–water partition coefficient (Wildman–Crippen LogP) is 2.22. The molecule has 2 heterocycles. The topological polar surface area (TPSA) is 96.5 Å². The number of hydrogen-bond donors (Lipinski definition) is 2. The molecule has 1 aliphatic rings. The van der Waals surface area contributed by atoms with Crippen LogP contribution >= 0.6 is 11.3 Å². The molecule has 1 aromatic heterocycles. The fourth-order valence-corrected chi connectivity index (χ4v) is 3.72. The highest BCUT2D eigenvalue weighted by Crippen LogP contribution is 2.14. The van der Waals surface area contributed by atoms with Gasteiger partial charge >= 0.3 is 0 Å². The lowest BCUT2D eigenvalue weighted by molar-refractivity contribution is -0.126. The molecular formula is C20H27N5O3S. The Morgan fingerprint density at radius 2 is 1.93 bits per heavy atom. The molecule has 2 aromatic rings. The van der Waals surface area contributed by atoms with Crippen LogP contribution in [-0.2, 0) is 16.1 Å². The molecule has 0 saturated carbocycles. The van der Waals surface area contributed by atoms with Crippen LogP contribution in [0.4, 0.5) is 5.69 Å². The van der Waals surface area contributed by atoms with Crippen LogP contribution in [0.1, 0.15) is 39.6 Å². The molecule has 2 N–H and O–H groups in total. The van der Waals surface area contributed by atoms with Gasteiger partial charge in [0.05, 0.1) is 0 Å². The van der Waals surface area contributed by atoms with E-state index in [1.165, 1.54) is 25.9 Å².